The lowest BCUT2D eigenvalue weighted by atomic mass is 10.1. The molecule has 0 aliphatic carbocycles. The van der Waals surface area contributed by atoms with Crippen molar-refractivity contribution < 1.29 is 0 Å². The normalized spacial score (nSPS) is 14.3. The highest BCUT2D eigenvalue weighted by molar-refractivity contribution is 6.23. The third kappa shape index (κ3) is 2.14. The summed E-state index contributed by atoms with van der Waals surface area (Å²) in [7, 11) is 0. The Morgan fingerprint density at radius 2 is 2.08 bits per heavy atom. The van der Waals surface area contributed by atoms with E-state index in [1.807, 2.05) is 37.3 Å². The summed E-state index contributed by atoms with van der Waals surface area (Å²) in [6.07, 6.45) is 0.572. The predicted octanol–water partition coefficient (Wildman–Crippen LogP) is 3.80. The van der Waals surface area contributed by atoms with Gasteiger partial charge in [-0.15, -0.1) is 11.6 Å². The molecule has 0 aliphatic heterocycles. The summed E-state index contributed by atoms with van der Waals surface area (Å²) in [4.78, 5) is 1.81. The molecule has 0 N–H and O–H groups in total. The molecule has 1 atom stereocenters. The molecule has 0 radical (unpaired) electrons. The number of alkyl halides is 1. The zero-order chi connectivity index (χ0) is 9.73. The molecule has 1 aromatic rings. The van der Waals surface area contributed by atoms with Crippen molar-refractivity contribution in [3.8, 4) is 0 Å². The van der Waals surface area contributed by atoms with Crippen LogP contribution in [0.4, 0.5) is 0 Å². The topological polar surface area (TPSA) is 48.8 Å². The minimum absolute atomic E-state index is 0.572. The van der Waals surface area contributed by atoms with Crippen molar-refractivity contribution in [1.82, 2.24) is 0 Å². The Morgan fingerprint density at radius 3 is 2.54 bits per heavy atom. The maximum atomic E-state index is 8.37. The van der Waals surface area contributed by atoms with E-state index < -0.39 is 5.00 Å². The van der Waals surface area contributed by atoms with Gasteiger partial charge in [-0.2, -0.15) is 0 Å². The molecule has 1 rings (SSSR count). The Morgan fingerprint density at radius 1 is 1.46 bits per heavy atom. The third-order valence-corrected chi connectivity index (χ3v) is 2.45. The quantitative estimate of drug-likeness (QED) is 0.232. The second-order valence-corrected chi connectivity index (χ2v) is 3.29. The summed E-state index contributed by atoms with van der Waals surface area (Å²) in [6.45, 7) is 1.88. The molecule has 0 heterocycles. The Kier molecular flexibility index (Phi) is 3.18. The van der Waals surface area contributed by atoms with E-state index >= 15 is 0 Å². The molecule has 0 spiro atoms. The Bertz CT molecular complexity index is 319. The van der Waals surface area contributed by atoms with Crippen molar-refractivity contribution in [3.05, 3.63) is 46.3 Å². The molecule has 0 bridgehead atoms. The third-order valence-electron chi connectivity index (χ3n) is 1.89. The molecular formula is C9H10ClN3. The van der Waals surface area contributed by atoms with Crippen LogP contribution in [0.2, 0.25) is 0 Å². The van der Waals surface area contributed by atoms with Crippen LogP contribution in [0, 0.1) is 0 Å². The maximum Gasteiger partial charge on any atom is 0.147 e. The van der Waals surface area contributed by atoms with Crippen LogP contribution in [0.5, 0.6) is 0 Å². The minimum Gasteiger partial charge on any atom is -0.108 e. The molecular weight excluding hydrogens is 186 g/mol. The molecule has 0 aromatic heterocycles. The number of rotatable bonds is 3. The van der Waals surface area contributed by atoms with Gasteiger partial charge in [0.05, 0.1) is 0 Å². The minimum atomic E-state index is -0.935. The Balaban J connectivity index is 3.10. The number of benzene rings is 1. The number of hydrogen-bond acceptors (Lipinski definition) is 1. The summed E-state index contributed by atoms with van der Waals surface area (Å²) < 4.78 is 0. The summed E-state index contributed by atoms with van der Waals surface area (Å²) in [6, 6.07) is 9.34. The predicted molar refractivity (Wildman–Crippen MR) is 53.4 cm³/mol. The number of halogens is 1. The summed E-state index contributed by atoms with van der Waals surface area (Å²) in [5, 5.41) is 3.59. The van der Waals surface area contributed by atoms with Crippen molar-refractivity contribution in [2.75, 3.05) is 0 Å². The number of azide groups is 1. The largest absolute Gasteiger partial charge is 0.147 e. The highest BCUT2D eigenvalue weighted by Gasteiger charge is 2.25. The first-order valence-corrected chi connectivity index (χ1v) is 4.41. The lowest BCUT2D eigenvalue weighted by Crippen LogP contribution is -2.12. The highest BCUT2D eigenvalue weighted by Crippen LogP contribution is 2.33. The van der Waals surface area contributed by atoms with E-state index in [0.29, 0.717) is 6.42 Å². The van der Waals surface area contributed by atoms with Crippen LogP contribution >= 0.6 is 11.6 Å². The fraction of sp³-hybridized carbons (Fsp3) is 0.333. The van der Waals surface area contributed by atoms with E-state index in [1.54, 1.807) is 0 Å². The van der Waals surface area contributed by atoms with Gasteiger partial charge in [0.1, 0.15) is 5.00 Å². The van der Waals surface area contributed by atoms with E-state index in [0.717, 1.165) is 5.56 Å². The smallest absolute Gasteiger partial charge is 0.108 e. The standard InChI is InChI=1S/C9H10ClN3/c1-2-9(10,12-13-11)8-6-4-3-5-7-8/h3-7H,2H2,1H3. The van der Waals surface area contributed by atoms with E-state index in [2.05, 4.69) is 10.0 Å². The zero-order valence-electron chi connectivity index (χ0n) is 7.31. The molecule has 0 fully saturated rings. The van der Waals surface area contributed by atoms with Gasteiger partial charge in [-0.3, -0.25) is 0 Å². The zero-order valence-corrected chi connectivity index (χ0v) is 8.07. The van der Waals surface area contributed by atoms with Crippen molar-refractivity contribution >= 4 is 11.6 Å². The summed E-state index contributed by atoms with van der Waals surface area (Å²) in [5.74, 6) is 0. The molecule has 4 heteroatoms. The second kappa shape index (κ2) is 4.17. The van der Waals surface area contributed by atoms with E-state index in [-0.39, 0.29) is 0 Å². The second-order valence-electron chi connectivity index (χ2n) is 2.67. The number of nitrogens with zero attached hydrogens (tertiary/aromatic N) is 3. The fourth-order valence-corrected chi connectivity index (χ4v) is 1.26. The van der Waals surface area contributed by atoms with Gasteiger partial charge in [0.25, 0.3) is 0 Å². The van der Waals surface area contributed by atoms with Crippen LogP contribution in [-0.4, -0.2) is 0 Å². The fourth-order valence-electron chi connectivity index (χ4n) is 1.10. The molecule has 0 saturated carbocycles. The van der Waals surface area contributed by atoms with Crippen LogP contribution in [0.15, 0.2) is 35.4 Å². The molecule has 1 aromatic carbocycles. The maximum absolute atomic E-state index is 8.37. The Hall–Kier alpha value is -1.18. The summed E-state index contributed by atoms with van der Waals surface area (Å²) >= 11 is 6.13. The summed E-state index contributed by atoms with van der Waals surface area (Å²) in [5.41, 5.74) is 9.20. The SMILES string of the molecule is CCC(Cl)(N=[N+]=[N-])c1ccccc1. The van der Waals surface area contributed by atoms with Gasteiger partial charge < -0.3 is 0 Å². The van der Waals surface area contributed by atoms with Crippen molar-refractivity contribution in [1.29, 1.82) is 0 Å². The molecule has 0 aliphatic rings. The molecule has 1 unspecified atom stereocenters. The van der Waals surface area contributed by atoms with Gasteiger partial charge in [0, 0.05) is 4.91 Å². The van der Waals surface area contributed by atoms with E-state index in [4.69, 9.17) is 17.1 Å². The molecule has 0 saturated heterocycles. The molecule has 68 valence electrons. The van der Waals surface area contributed by atoms with Crippen molar-refractivity contribution in [3.63, 3.8) is 0 Å². The molecule has 13 heavy (non-hydrogen) atoms. The Labute approximate surface area is 82.0 Å². The van der Waals surface area contributed by atoms with Crippen LogP contribution in [0.1, 0.15) is 18.9 Å². The van der Waals surface area contributed by atoms with Crippen LogP contribution in [0.3, 0.4) is 0 Å². The van der Waals surface area contributed by atoms with Crippen molar-refractivity contribution in [2.45, 2.75) is 18.3 Å². The van der Waals surface area contributed by atoms with Crippen molar-refractivity contribution in [2.24, 2.45) is 5.11 Å². The lowest BCUT2D eigenvalue weighted by Gasteiger charge is -2.19. The van der Waals surface area contributed by atoms with Crippen LogP contribution in [0.25, 0.3) is 10.4 Å². The average molecular weight is 196 g/mol. The average Bonchev–Trinajstić information content (AvgIpc) is 2.19. The van der Waals surface area contributed by atoms with Gasteiger partial charge in [-0.1, -0.05) is 42.4 Å². The molecule has 0 amide bonds. The van der Waals surface area contributed by atoms with Gasteiger partial charge in [-0.05, 0) is 17.5 Å². The first-order valence-electron chi connectivity index (χ1n) is 4.03. The molecule has 3 nitrogen and oxygen atoms in total. The monoisotopic (exact) mass is 195 g/mol. The van der Waals surface area contributed by atoms with E-state index in [9.17, 15) is 0 Å². The lowest BCUT2D eigenvalue weighted by molar-refractivity contribution is 0.612. The van der Waals surface area contributed by atoms with E-state index in [1.165, 1.54) is 0 Å². The van der Waals surface area contributed by atoms with Gasteiger partial charge in [0.2, 0.25) is 0 Å². The van der Waals surface area contributed by atoms with Gasteiger partial charge in [-0.25, -0.2) is 0 Å². The van der Waals surface area contributed by atoms with Crippen LogP contribution in [-0.2, 0) is 5.00 Å². The number of hydrogen-bond donors (Lipinski definition) is 0. The van der Waals surface area contributed by atoms with Gasteiger partial charge in [0.15, 0.2) is 0 Å². The first kappa shape index (κ1) is 9.90. The van der Waals surface area contributed by atoms with Crippen LogP contribution < -0.4 is 0 Å². The first-order chi connectivity index (χ1) is 6.23. The van der Waals surface area contributed by atoms with Gasteiger partial charge >= 0.3 is 0 Å². The highest BCUT2D eigenvalue weighted by atomic mass is 35.5.